The largest absolute Gasteiger partial charge is 0.496 e. The molecule has 0 radical (unpaired) electrons. The van der Waals surface area contributed by atoms with Crippen LogP contribution in [0.5, 0.6) is 5.75 Å². The summed E-state index contributed by atoms with van der Waals surface area (Å²) in [6.07, 6.45) is 1.54. The Kier molecular flexibility index (Phi) is 5.53. The van der Waals surface area contributed by atoms with Gasteiger partial charge in [-0.1, -0.05) is 0 Å². The number of aromatic nitrogens is 4. The minimum Gasteiger partial charge on any atom is -0.496 e. The second-order valence-corrected chi connectivity index (χ2v) is 8.98. The summed E-state index contributed by atoms with van der Waals surface area (Å²) in [6, 6.07) is 1.41. The van der Waals surface area contributed by atoms with Crippen molar-refractivity contribution in [3.8, 4) is 17.1 Å². The molecule has 2 bridgehead atoms. The zero-order valence-corrected chi connectivity index (χ0v) is 19.4. The molecule has 35 heavy (non-hydrogen) atoms. The molecule has 4 atom stereocenters. The number of carboxylic acid groups (broad SMARTS) is 1. The van der Waals surface area contributed by atoms with Crippen LogP contribution in [0.2, 0.25) is 0 Å². The summed E-state index contributed by atoms with van der Waals surface area (Å²) < 4.78 is 36.4. The maximum absolute atomic E-state index is 15.3. The lowest BCUT2D eigenvalue weighted by atomic mass is 9.94. The smallest absolute Gasteiger partial charge is 0.407 e. The Labute approximate surface area is 198 Å². The van der Waals surface area contributed by atoms with E-state index in [1.54, 1.807) is 11.9 Å². The molecule has 2 saturated heterocycles. The molecule has 0 saturated carbocycles. The van der Waals surface area contributed by atoms with E-state index >= 15 is 4.39 Å². The maximum Gasteiger partial charge on any atom is 0.407 e. The van der Waals surface area contributed by atoms with E-state index in [0.29, 0.717) is 30.6 Å². The average molecular weight is 486 g/mol. The lowest BCUT2D eigenvalue weighted by molar-refractivity contribution is 0.0489. The SMILES string of the molecule is COc1cc2c(=O)n(C)cc(F)c2cc1-c1ncc(N(C)C2CC3CCC(C2F)N3C(=O)O)nn1. The molecule has 3 aromatic rings. The van der Waals surface area contributed by atoms with E-state index in [-0.39, 0.29) is 33.9 Å². The predicted octanol–water partition coefficient (Wildman–Crippen LogP) is 2.60. The highest BCUT2D eigenvalue weighted by Gasteiger charge is 2.51. The molecular weight excluding hydrogens is 462 g/mol. The molecule has 1 aromatic carbocycles. The number of piperidine rings is 1. The van der Waals surface area contributed by atoms with Crippen LogP contribution >= 0.6 is 0 Å². The summed E-state index contributed by atoms with van der Waals surface area (Å²) in [5.41, 5.74) is -0.0176. The summed E-state index contributed by atoms with van der Waals surface area (Å²) in [6.45, 7) is 0. The topological polar surface area (TPSA) is 114 Å². The number of anilines is 1. The minimum atomic E-state index is -1.37. The molecule has 184 valence electrons. The van der Waals surface area contributed by atoms with Gasteiger partial charge < -0.3 is 19.3 Å². The van der Waals surface area contributed by atoms with Crippen LogP contribution in [0.1, 0.15) is 19.3 Å². The van der Waals surface area contributed by atoms with E-state index in [2.05, 4.69) is 15.2 Å². The molecule has 5 rings (SSSR count). The van der Waals surface area contributed by atoms with E-state index in [9.17, 15) is 19.1 Å². The van der Waals surface area contributed by atoms with Gasteiger partial charge in [0.05, 0.1) is 36.3 Å². The molecule has 4 heterocycles. The van der Waals surface area contributed by atoms with Crippen LogP contribution in [0.25, 0.3) is 22.2 Å². The normalized spacial score (nSPS) is 23.5. The van der Waals surface area contributed by atoms with Crippen molar-refractivity contribution < 1.29 is 23.4 Å². The molecule has 12 heteroatoms. The average Bonchev–Trinajstić information content (AvgIpc) is 3.21. The van der Waals surface area contributed by atoms with Crippen LogP contribution < -0.4 is 15.2 Å². The summed E-state index contributed by atoms with van der Waals surface area (Å²) in [4.78, 5) is 31.2. The molecule has 2 aliphatic heterocycles. The summed E-state index contributed by atoms with van der Waals surface area (Å²) in [7, 11) is 4.57. The van der Waals surface area contributed by atoms with E-state index in [1.165, 1.54) is 37.4 Å². The van der Waals surface area contributed by atoms with Gasteiger partial charge in [0.2, 0.25) is 0 Å². The van der Waals surface area contributed by atoms with Crippen LogP contribution in [0, 0.1) is 5.82 Å². The standard InChI is InChI=1S/C23H24F2N6O4/c1-29-10-15(24)12-7-14(18(35-3)8-13(12)22(29)32)21-26-9-19(27-28-21)30(2)17-6-11-4-5-16(20(17)25)31(11)23(33)34/h7-11,16-17,20H,4-6H2,1-3H3,(H,33,34). The molecule has 2 fully saturated rings. The van der Waals surface area contributed by atoms with Crippen molar-refractivity contribution in [2.24, 2.45) is 7.05 Å². The molecule has 1 amide bonds. The number of rotatable bonds is 4. The van der Waals surface area contributed by atoms with Gasteiger partial charge in [0.25, 0.3) is 5.56 Å². The zero-order chi connectivity index (χ0) is 25.0. The van der Waals surface area contributed by atoms with Gasteiger partial charge >= 0.3 is 6.09 Å². The second kappa shape index (κ2) is 8.43. The lowest BCUT2D eigenvalue weighted by Gasteiger charge is -2.43. The number of methoxy groups -OCH3 is 1. The van der Waals surface area contributed by atoms with Gasteiger partial charge in [-0.3, -0.25) is 9.69 Å². The van der Waals surface area contributed by atoms with Crippen LogP contribution in [0.15, 0.2) is 29.3 Å². The highest BCUT2D eigenvalue weighted by Crippen LogP contribution is 2.40. The number of halogens is 2. The van der Waals surface area contributed by atoms with Gasteiger partial charge in [0.1, 0.15) is 17.7 Å². The van der Waals surface area contributed by atoms with Gasteiger partial charge in [-0.15, -0.1) is 10.2 Å². The Morgan fingerprint density at radius 2 is 2.03 bits per heavy atom. The number of alkyl halides is 1. The Morgan fingerprint density at radius 3 is 2.69 bits per heavy atom. The fourth-order valence-electron chi connectivity index (χ4n) is 5.30. The highest BCUT2D eigenvalue weighted by atomic mass is 19.1. The molecule has 10 nitrogen and oxygen atoms in total. The molecular formula is C23H24F2N6O4. The molecule has 2 aromatic heterocycles. The fraction of sp³-hybridized carbons (Fsp3) is 0.435. The first kappa shape index (κ1) is 22.9. The van der Waals surface area contributed by atoms with Crippen molar-refractivity contribution in [3.63, 3.8) is 0 Å². The third-order valence-electron chi connectivity index (χ3n) is 7.12. The third-order valence-corrected chi connectivity index (χ3v) is 7.12. The molecule has 1 N–H and O–H groups in total. The zero-order valence-electron chi connectivity index (χ0n) is 19.4. The van der Waals surface area contributed by atoms with Crippen molar-refractivity contribution in [2.45, 2.75) is 43.6 Å². The van der Waals surface area contributed by atoms with Crippen LogP contribution in [-0.2, 0) is 7.05 Å². The second-order valence-electron chi connectivity index (χ2n) is 8.98. The molecule has 0 aliphatic carbocycles. The monoisotopic (exact) mass is 486 g/mol. The Balaban J connectivity index is 1.45. The van der Waals surface area contributed by atoms with E-state index < -0.39 is 30.2 Å². The Bertz CT molecular complexity index is 1360. The fourth-order valence-corrected chi connectivity index (χ4v) is 5.30. The quantitative estimate of drug-likeness (QED) is 0.599. The number of ether oxygens (including phenoxy) is 1. The van der Waals surface area contributed by atoms with Gasteiger partial charge in [-0.05, 0) is 31.4 Å². The number of nitrogens with zero attached hydrogens (tertiary/aromatic N) is 6. The van der Waals surface area contributed by atoms with E-state index in [4.69, 9.17) is 4.74 Å². The van der Waals surface area contributed by atoms with Crippen LogP contribution in [-0.4, -0.2) is 74.3 Å². The summed E-state index contributed by atoms with van der Waals surface area (Å²) in [5, 5.41) is 18.1. The van der Waals surface area contributed by atoms with Crippen molar-refractivity contribution >= 4 is 22.7 Å². The number of amides is 1. The summed E-state index contributed by atoms with van der Waals surface area (Å²) in [5.74, 6) is 0.180. The van der Waals surface area contributed by atoms with Crippen LogP contribution in [0.3, 0.4) is 0 Å². The molecule has 4 unspecified atom stereocenters. The number of carbonyl (C=O) groups is 1. The number of hydrogen-bond acceptors (Lipinski definition) is 7. The Hall–Kier alpha value is -3.83. The first-order valence-corrected chi connectivity index (χ1v) is 11.2. The van der Waals surface area contributed by atoms with Crippen LogP contribution in [0.4, 0.5) is 19.4 Å². The lowest BCUT2D eigenvalue weighted by Crippen LogP contribution is -2.58. The predicted molar refractivity (Wildman–Crippen MR) is 123 cm³/mol. The van der Waals surface area contributed by atoms with Gasteiger partial charge in [-0.25, -0.2) is 18.6 Å². The van der Waals surface area contributed by atoms with Gasteiger partial charge in [-0.2, -0.15) is 0 Å². The first-order valence-electron chi connectivity index (χ1n) is 11.2. The van der Waals surface area contributed by atoms with Crippen molar-refractivity contribution in [1.82, 2.24) is 24.6 Å². The number of fused-ring (bicyclic) bond motifs is 3. The molecule has 2 aliphatic rings. The van der Waals surface area contributed by atoms with Gasteiger partial charge in [0, 0.05) is 31.7 Å². The number of aryl methyl sites for hydroxylation is 1. The highest BCUT2D eigenvalue weighted by molar-refractivity contribution is 5.89. The first-order chi connectivity index (χ1) is 16.7. The molecule has 0 spiro atoms. The van der Waals surface area contributed by atoms with Crippen molar-refractivity contribution in [3.05, 3.63) is 40.7 Å². The number of pyridine rings is 1. The minimum absolute atomic E-state index is 0.106. The van der Waals surface area contributed by atoms with Crippen molar-refractivity contribution in [1.29, 1.82) is 0 Å². The maximum atomic E-state index is 15.3. The van der Waals surface area contributed by atoms with Gasteiger partial charge in [0.15, 0.2) is 11.6 Å². The van der Waals surface area contributed by atoms with E-state index in [1.807, 2.05) is 0 Å². The number of benzene rings is 1. The van der Waals surface area contributed by atoms with E-state index in [0.717, 1.165) is 10.8 Å². The summed E-state index contributed by atoms with van der Waals surface area (Å²) >= 11 is 0. The third kappa shape index (κ3) is 3.63. The Morgan fingerprint density at radius 1 is 1.26 bits per heavy atom. The van der Waals surface area contributed by atoms with Crippen molar-refractivity contribution in [2.75, 3.05) is 19.1 Å². The number of hydrogen-bond donors (Lipinski definition) is 1.